The van der Waals surface area contributed by atoms with Crippen LogP contribution >= 0.6 is 11.3 Å². The molecule has 1 unspecified atom stereocenters. The van der Waals surface area contributed by atoms with Gasteiger partial charge in [0.2, 0.25) is 11.8 Å². The van der Waals surface area contributed by atoms with Gasteiger partial charge in [-0.3, -0.25) is 14.4 Å². The molecule has 1 aromatic heterocycles. The van der Waals surface area contributed by atoms with Crippen LogP contribution in [0.4, 0.5) is 5.13 Å². The summed E-state index contributed by atoms with van der Waals surface area (Å²) in [7, 11) is 1.62. The molecule has 29 heavy (non-hydrogen) atoms. The number of thiazole rings is 1. The van der Waals surface area contributed by atoms with Gasteiger partial charge >= 0.3 is 0 Å². The molecule has 2 aromatic rings. The van der Waals surface area contributed by atoms with Gasteiger partial charge in [-0.2, -0.15) is 0 Å². The Kier molecular flexibility index (Phi) is 6.85. The lowest BCUT2D eigenvalue weighted by atomic mass is 10.1. The summed E-state index contributed by atoms with van der Waals surface area (Å²) >= 11 is 1.24. The molecule has 0 saturated heterocycles. The number of carbonyl (C=O) groups is 3. The normalized spacial score (nSPS) is 15.2. The summed E-state index contributed by atoms with van der Waals surface area (Å²) in [5, 5.41) is 7.66. The van der Waals surface area contributed by atoms with Gasteiger partial charge in [-0.15, -0.1) is 11.3 Å². The Labute approximate surface area is 171 Å². The maximum Gasteiger partial charge on any atom is 0.269 e. The van der Waals surface area contributed by atoms with E-state index in [2.05, 4.69) is 20.6 Å². The van der Waals surface area contributed by atoms with Crippen LogP contribution in [0.2, 0.25) is 0 Å². The molecule has 9 heteroatoms. The molecule has 2 N–H and O–H groups in total. The molecule has 3 rings (SSSR count). The molecule has 2 heterocycles. The summed E-state index contributed by atoms with van der Waals surface area (Å²) < 4.78 is 5.12. The van der Waals surface area contributed by atoms with Crippen molar-refractivity contribution in [1.82, 2.24) is 10.3 Å². The predicted octanol–water partition coefficient (Wildman–Crippen LogP) is 1.77. The van der Waals surface area contributed by atoms with Gasteiger partial charge in [-0.1, -0.05) is 18.2 Å². The van der Waals surface area contributed by atoms with E-state index >= 15 is 0 Å². The van der Waals surface area contributed by atoms with Crippen molar-refractivity contribution in [2.45, 2.75) is 12.8 Å². The van der Waals surface area contributed by atoms with Crippen molar-refractivity contribution in [3.05, 3.63) is 53.1 Å². The molecule has 3 amide bonds. The smallest absolute Gasteiger partial charge is 0.269 e. The van der Waals surface area contributed by atoms with Gasteiger partial charge in [-0.05, 0) is 24.1 Å². The molecular formula is C20H20N4O4S. The van der Waals surface area contributed by atoms with E-state index in [1.54, 1.807) is 12.5 Å². The quantitative estimate of drug-likeness (QED) is 0.687. The topological polar surface area (TPSA) is 110 Å². The second kappa shape index (κ2) is 9.74. The van der Waals surface area contributed by atoms with Gasteiger partial charge in [0.1, 0.15) is 5.75 Å². The van der Waals surface area contributed by atoms with E-state index < -0.39 is 5.92 Å². The third-order valence-corrected chi connectivity index (χ3v) is 4.94. The number of rotatable bonds is 8. The number of anilines is 1. The first-order chi connectivity index (χ1) is 14.0. The molecule has 1 atom stereocenters. The van der Waals surface area contributed by atoms with Crippen molar-refractivity contribution in [2.75, 3.05) is 19.0 Å². The summed E-state index contributed by atoms with van der Waals surface area (Å²) in [5.74, 6) is -0.667. The van der Waals surface area contributed by atoms with Crippen LogP contribution in [0.15, 0.2) is 46.8 Å². The van der Waals surface area contributed by atoms with Crippen LogP contribution in [-0.4, -0.2) is 42.6 Å². The summed E-state index contributed by atoms with van der Waals surface area (Å²) in [6, 6.07) is 7.69. The van der Waals surface area contributed by atoms with Gasteiger partial charge in [-0.25, -0.2) is 9.98 Å². The SMILES string of the molecule is COc1ccc(CCNC(=O)Cc2csc(NC(=O)C3C=CC(=O)N=C3)n2)cc1. The van der Waals surface area contributed by atoms with Crippen molar-refractivity contribution >= 4 is 40.4 Å². The van der Waals surface area contributed by atoms with Gasteiger partial charge < -0.3 is 15.4 Å². The van der Waals surface area contributed by atoms with Crippen LogP contribution in [0.25, 0.3) is 0 Å². The maximum absolute atomic E-state index is 12.1. The molecule has 0 fully saturated rings. The zero-order valence-corrected chi connectivity index (χ0v) is 16.6. The van der Waals surface area contributed by atoms with Crippen LogP contribution in [0, 0.1) is 5.92 Å². The number of benzene rings is 1. The Hall–Kier alpha value is -3.33. The minimum atomic E-state index is -0.610. The first-order valence-electron chi connectivity index (χ1n) is 8.95. The fourth-order valence-corrected chi connectivity index (χ4v) is 3.30. The van der Waals surface area contributed by atoms with Crippen molar-refractivity contribution in [3.63, 3.8) is 0 Å². The van der Waals surface area contributed by atoms with Crippen LogP contribution < -0.4 is 15.4 Å². The van der Waals surface area contributed by atoms with Crippen LogP contribution in [0.5, 0.6) is 5.75 Å². The first kappa shape index (κ1) is 20.4. The molecule has 8 nitrogen and oxygen atoms in total. The molecule has 0 spiro atoms. The van der Waals surface area contributed by atoms with Gasteiger partial charge in [0.05, 0.1) is 25.1 Å². The average Bonchev–Trinajstić information content (AvgIpc) is 3.15. The van der Waals surface area contributed by atoms with E-state index in [0.29, 0.717) is 23.8 Å². The molecule has 0 radical (unpaired) electrons. The Bertz CT molecular complexity index is 934. The number of nitrogens with zero attached hydrogens (tertiary/aromatic N) is 2. The number of hydrogen-bond acceptors (Lipinski definition) is 6. The lowest BCUT2D eigenvalue weighted by Gasteiger charge is -2.08. The highest BCUT2D eigenvalue weighted by Crippen LogP contribution is 2.17. The second-order valence-electron chi connectivity index (χ2n) is 6.26. The van der Waals surface area contributed by atoms with Crippen LogP contribution in [-0.2, 0) is 27.2 Å². The van der Waals surface area contributed by atoms with E-state index in [4.69, 9.17) is 4.74 Å². The number of amides is 3. The molecular weight excluding hydrogens is 392 g/mol. The first-order valence-corrected chi connectivity index (χ1v) is 9.82. The summed E-state index contributed by atoms with van der Waals surface area (Å²) in [5.41, 5.74) is 1.68. The largest absolute Gasteiger partial charge is 0.497 e. The monoisotopic (exact) mass is 412 g/mol. The number of carbonyl (C=O) groups excluding carboxylic acids is 3. The van der Waals surface area contributed by atoms with Crippen molar-refractivity contribution < 1.29 is 19.1 Å². The highest BCUT2D eigenvalue weighted by Gasteiger charge is 2.18. The van der Waals surface area contributed by atoms with Crippen LogP contribution in [0.3, 0.4) is 0 Å². The Morgan fingerprint density at radius 1 is 1.24 bits per heavy atom. The highest BCUT2D eigenvalue weighted by atomic mass is 32.1. The van der Waals surface area contributed by atoms with Gasteiger partial charge in [0.15, 0.2) is 5.13 Å². The van der Waals surface area contributed by atoms with Crippen molar-refractivity contribution in [2.24, 2.45) is 10.9 Å². The Morgan fingerprint density at radius 3 is 2.72 bits per heavy atom. The Morgan fingerprint density at radius 2 is 2.03 bits per heavy atom. The predicted molar refractivity (Wildman–Crippen MR) is 110 cm³/mol. The number of ether oxygens (including phenoxy) is 1. The molecule has 1 aliphatic heterocycles. The molecule has 0 aliphatic carbocycles. The highest BCUT2D eigenvalue weighted by molar-refractivity contribution is 7.13. The fourth-order valence-electron chi connectivity index (χ4n) is 2.59. The lowest BCUT2D eigenvalue weighted by Crippen LogP contribution is -2.27. The molecule has 1 aliphatic rings. The number of hydrogen-bond donors (Lipinski definition) is 2. The van der Waals surface area contributed by atoms with E-state index in [9.17, 15) is 14.4 Å². The molecule has 0 saturated carbocycles. The average molecular weight is 412 g/mol. The Balaban J connectivity index is 1.42. The summed E-state index contributed by atoms with van der Waals surface area (Å²) in [6.07, 6.45) is 4.88. The number of nitrogens with one attached hydrogen (secondary N) is 2. The number of aliphatic imine (C=N–C) groups is 1. The van der Waals surface area contributed by atoms with E-state index in [1.165, 1.54) is 29.7 Å². The lowest BCUT2D eigenvalue weighted by molar-refractivity contribution is -0.120. The standard InChI is InChI=1S/C20H20N4O4S/c1-28-16-5-2-13(3-6-16)8-9-21-18(26)10-15-12-29-20(23-15)24-19(27)14-4-7-17(25)22-11-14/h2-7,11-12,14H,8-10H2,1H3,(H,21,26)(H,23,24,27). The summed E-state index contributed by atoms with van der Waals surface area (Å²) in [4.78, 5) is 43.1. The third-order valence-electron chi connectivity index (χ3n) is 4.13. The molecule has 0 bridgehead atoms. The van der Waals surface area contributed by atoms with E-state index in [-0.39, 0.29) is 24.1 Å². The third kappa shape index (κ3) is 6.08. The van der Waals surface area contributed by atoms with Crippen molar-refractivity contribution in [3.8, 4) is 5.75 Å². The summed E-state index contributed by atoms with van der Waals surface area (Å²) in [6.45, 7) is 0.519. The van der Waals surface area contributed by atoms with E-state index in [1.807, 2.05) is 24.3 Å². The van der Waals surface area contributed by atoms with Crippen LogP contribution in [0.1, 0.15) is 11.3 Å². The molecule has 1 aromatic carbocycles. The minimum absolute atomic E-state index is 0.133. The van der Waals surface area contributed by atoms with Crippen molar-refractivity contribution in [1.29, 1.82) is 0 Å². The zero-order valence-electron chi connectivity index (χ0n) is 15.8. The number of aromatic nitrogens is 1. The maximum atomic E-state index is 12.1. The second-order valence-corrected chi connectivity index (χ2v) is 7.12. The fraction of sp³-hybridized carbons (Fsp3) is 0.250. The van der Waals surface area contributed by atoms with Gasteiger partial charge in [0, 0.05) is 24.2 Å². The van der Waals surface area contributed by atoms with E-state index in [0.717, 1.165) is 11.3 Å². The molecule has 150 valence electrons. The van der Waals surface area contributed by atoms with Gasteiger partial charge in [0.25, 0.3) is 5.91 Å². The number of dihydropyridines is 1. The number of methoxy groups -OCH3 is 1. The zero-order chi connectivity index (χ0) is 20.6. The minimum Gasteiger partial charge on any atom is -0.497 e.